The van der Waals surface area contributed by atoms with Crippen LogP contribution in [0.25, 0.3) is 0 Å². The van der Waals surface area contributed by atoms with Gasteiger partial charge in [-0.15, -0.1) is 0 Å². The van der Waals surface area contributed by atoms with Gasteiger partial charge in [-0.2, -0.15) is 0 Å². The van der Waals surface area contributed by atoms with Crippen LogP contribution >= 0.6 is 0 Å². The lowest BCUT2D eigenvalue weighted by Gasteiger charge is -2.17. The molecule has 0 bridgehead atoms. The molecule has 1 radical (unpaired) electrons. The molecule has 7 nitrogen and oxygen atoms in total. The van der Waals surface area contributed by atoms with Crippen molar-refractivity contribution in [3.63, 3.8) is 0 Å². The summed E-state index contributed by atoms with van der Waals surface area (Å²) in [5.74, 6) is -0.813. The number of hydrogen-bond donors (Lipinski definition) is 2. The van der Waals surface area contributed by atoms with Crippen molar-refractivity contribution < 1.29 is 18.4 Å². The molecular weight excluding hydrogens is 242 g/mol. The van der Waals surface area contributed by atoms with E-state index in [2.05, 4.69) is 11.6 Å². The summed E-state index contributed by atoms with van der Waals surface area (Å²) in [6.45, 7) is 5.70. The molecule has 0 aliphatic heterocycles. The summed E-state index contributed by atoms with van der Waals surface area (Å²) in [6.07, 6.45) is 1.45. The minimum atomic E-state index is -1.95. The third-order valence-corrected chi connectivity index (χ3v) is 3.34. The molecule has 0 amide bonds. The first kappa shape index (κ1) is 15.6. The Labute approximate surface area is 102 Å². The number of nitrogens with two attached hydrogens (primary N) is 2. The third-order valence-electron chi connectivity index (χ3n) is 1.56. The van der Waals surface area contributed by atoms with Gasteiger partial charge in [-0.3, -0.25) is 0 Å². The summed E-state index contributed by atoms with van der Waals surface area (Å²) in [7, 11) is -0.523. The Morgan fingerprint density at radius 2 is 2.24 bits per heavy atom. The number of guanidine groups is 1. The Bertz CT molecular complexity index is 281. The highest BCUT2D eigenvalue weighted by Gasteiger charge is 2.35. The van der Waals surface area contributed by atoms with Gasteiger partial charge in [-0.25, -0.2) is 9.79 Å². The maximum absolute atomic E-state index is 11.7. The van der Waals surface area contributed by atoms with Crippen molar-refractivity contribution in [2.45, 2.75) is 12.6 Å². The number of rotatable bonds is 8. The molecule has 0 aromatic heterocycles. The second-order valence-electron chi connectivity index (χ2n) is 2.83. The molecule has 1 unspecified atom stereocenters. The minimum Gasteiger partial charge on any atom is -0.460 e. The van der Waals surface area contributed by atoms with E-state index < -0.39 is 20.9 Å². The Kier molecular flexibility index (Phi) is 8.02. The average molecular weight is 260 g/mol. The van der Waals surface area contributed by atoms with Crippen LogP contribution in [0.3, 0.4) is 0 Å². The molecule has 0 fully saturated rings. The monoisotopic (exact) mass is 260 g/mol. The normalized spacial score (nSPS) is 11.9. The zero-order valence-electron chi connectivity index (χ0n) is 10.0. The van der Waals surface area contributed by atoms with E-state index >= 15 is 0 Å². The van der Waals surface area contributed by atoms with Crippen LogP contribution in [0.5, 0.6) is 0 Å². The second-order valence-corrected chi connectivity index (χ2v) is 4.71. The van der Waals surface area contributed by atoms with E-state index in [1.807, 2.05) is 0 Å². The van der Waals surface area contributed by atoms with Crippen LogP contribution in [-0.4, -0.2) is 47.2 Å². The fourth-order valence-corrected chi connectivity index (χ4v) is 2.28. The van der Waals surface area contributed by atoms with Crippen molar-refractivity contribution in [2.75, 3.05) is 20.3 Å². The predicted octanol–water partition coefficient (Wildman–Crippen LogP) is -0.932. The van der Waals surface area contributed by atoms with Crippen LogP contribution in [-0.2, 0) is 18.4 Å². The van der Waals surface area contributed by atoms with E-state index in [0.717, 1.165) is 0 Å². The fourth-order valence-electron chi connectivity index (χ4n) is 0.962. The molecule has 0 saturated heterocycles. The molecule has 0 aromatic carbocycles. The highest BCUT2D eigenvalue weighted by atomic mass is 28.3. The van der Waals surface area contributed by atoms with Crippen LogP contribution in [0.2, 0.25) is 0 Å². The van der Waals surface area contributed by atoms with E-state index in [1.54, 1.807) is 6.92 Å². The Balaban J connectivity index is 4.77. The van der Waals surface area contributed by atoms with Gasteiger partial charge < -0.3 is 25.1 Å². The van der Waals surface area contributed by atoms with Crippen molar-refractivity contribution in [3.05, 3.63) is 12.7 Å². The lowest BCUT2D eigenvalue weighted by Crippen LogP contribution is -2.44. The SMILES string of the molecule is C=CCOC(=O)C(N=C(N)N)[Si](OC)OCC. The van der Waals surface area contributed by atoms with Crippen molar-refractivity contribution >= 4 is 21.2 Å². The standard InChI is InChI=1S/C9H18N3O4Si/c1-4-6-15-8(13)7(12-9(10)11)17(14-3)16-5-2/h4,7H,1,5-6H2,2-3H3,(H4,10,11,12). The number of esters is 1. The van der Waals surface area contributed by atoms with Crippen molar-refractivity contribution in [1.29, 1.82) is 0 Å². The summed E-state index contributed by atoms with van der Waals surface area (Å²) in [5, 5.41) is 0. The van der Waals surface area contributed by atoms with Crippen molar-refractivity contribution in [3.8, 4) is 0 Å². The lowest BCUT2D eigenvalue weighted by molar-refractivity contribution is -0.142. The Morgan fingerprint density at radius 1 is 1.59 bits per heavy atom. The molecular formula is C9H18N3O4Si. The van der Waals surface area contributed by atoms with Gasteiger partial charge in [0.2, 0.25) is 0 Å². The molecule has 0 aliphatic carbocycles. The van der Waals surface area contributed by atoms with Crippen LogP contribution < -0.4 is 11.5 Å². The highest BCUT2D eigenvalue weighted by molar-refractivity contribution is 6.52. The van der Waals surface area contributed by atoms with Gasteiger partial charge in [0.15, 0.2) is 11.6 Å². The molecule has 97 valence electrons. The molecule has 17 heavy (non-hydrogen) atoms. The van der Waals surface area contributed by atoms with Gasteiger partial charge in [0.1, 0.15) is 6.61 Å². The summed E-state index contributed by atoms with van der Waals surface area (Å²) in [5.41, 5.74) is 9.56. The number of ether oxygens (including phenoxy) is 1. The number of aliphatic imine (C=N–C) groups is 1. The summed E-state index contributed by atoms with van der Waals surface area (Å²) in [4.78, 5) is 15.5. The van der Waals surface area contributed by atoms with Gasteiger partial charge in [0.25, 0.3) is 0 Å². The molecule has 0 rings (SSSR count). The Hall–Kier alpha value is -1.38. The number of carbonyl (C=O) groups is 1. The molecule has 0 spiro atoms. The molecule has 4 N–H and O–H groups in total. The van der Waals surface area contributed by atoms with Gasteiger partial charge in [-0.1, -0.05) is 12.7 Å². The average Bonchev–Trinajstić information content (AvgIpc) is 2.30. The largest absolute Gasteiger partial charge is 0.460 e. The van der Waals surface area contributed by atoms with Crippen LogP contribution in [0.1, 0.15) is 6.92 Å². The van der Waals surface area contributed by atoms with E-state index in [0.29, 0.717) is 6.61 Å². The zero-order valence-corrected chi connectivity index (χ0v) is 11.0. The minimum absolute atomic E-state index is 0.0836. The number of carbonyl (C=O) groups excluding carboxylic acids is 1. The molecule has 0 saturated carbocycles. The number of nitrogens with zero attached hydrogens (tertiary/aromatic N) is 1. The summed E-state index contributed by atoms with van der Waals surface area (Å²) >= 11 is 0. The van der Waals surface area contributed by atoms with Gasteiger partial charge >= 0.3 is 15.3 Å². The predicted molar refractivity (Wildman–Crippen MR) is 65.1 cm³/mol. The Morgan fingerprint density at radius 3 is 2.65 bits per heavy atom. The second kappa shape index (κ2) is 8.73. The fraction of sp³-hybridized carbons (Fsp3) is 0.556. The first-order valence-electron chi connectivity index (χ1n) is 4.96. The van der Waals surface area contributed by atoms with Gasteiger partial charge in [-0.05, 0) is 6.92 Å². The lowest BCUT2D eigenvalue weighted by atomic mass is 10.6. The van der Waals surface area contributed by atoms with Crippen molar-refractivity contribution in [1.82, 2.24) is 0 Å². The summed E-state index contributed by atoms with van der Waals surface area (Å²) in [6, 6.07) is 0. The van der Waals surface area contributed by atoms with E-state index in [1.165, 1.54) is 13.2 Å². The van der Waals surface area contributed by atoms with Crippen LogP contribution in [0.4, 0.5) is 0 Å². The van der Waals surface area contributed by atoms with E-state index in [4.69, 9.17) is 25.1 Å². The zero-order chi connectivity index (χ0) is 13.3. The first-order chi connectivity index (χ1) is 8.06. The smallest absolute Gasteiger partial charge is 0.423 e. The van der Waals surface area contributed by atoms with Crippen LogP contribution in [0.15, 0.2) is 17.6 Å². The highest BCUT2D eigenvalue weighted by Crippen LogP contribution is 2.04. The maximum Gasteiger partial charge on any atom is 0.423 e. The molecule has 0 heterocycles. The topological polar surface area (TPSA) is 109 Å². The third kappa shape index (κ3) is 6.05. The molecule has 8 heteroatoms. The van der Waals surface area contributed by atoms with Gasteiger partial charge in [0, 0.05) is 13.7 Å². The van der Waals surface area contributed by atoms with E-state index in [9.17, 15) is 4.79 Å². The first-order valence-corrected chi connectivity index (χ1v) is 6.36. The molecule has 0 aromatic rings. The quantitative estimate of drug-likeness (QED) is 0.192. The molecule has 1 atom stereocenters. The maximum atomic E-state index is 11.7. The van der Waals surface area contributed by atoms with E-state index in [-0.39, 0.29) is 12.6 Å². The summed E-state index contributed by atoms with van der Waals surface area (Å²) < 4.78 is 15.3. The van der Waals surface area contributed by atoms with Crippen LogP contribution in [0, 0.1) is 0 Å². The molecule has 0 aliphatic rings. The van der Waals surface area contributed by atoms with Gasteiger partial charge in [0.05, 0.1) is 0 Å². The van der Waals surface area contributed by atoms with Crippen molar-refractivity contribution in [2.24, 2.45) is 16.5 Å². The number of hydrogen-bond acceptors (Lipinski definition) is 5.